The lowest BCUT2D eigenvalue weighted by Crippen LogP contribution is -2.35. The molecule has 0 aliphatic heterocycles. The number of aryl methyl sites for hydroxylation is 1. The molecule has 0 fully saturated rings. The second kappa shape index (κ2) is 4.45. The molecule has 1 aromatic carbocycles. The molecule has 5 nitrogen and oxygen atoms in total. The topological polar surface area (TPSA) is 83.8 Å². The SMILES string of the molecule is Cc1ccc(OC(C(=O)O)C(=O)O)cc1. The highest BCUT2D eigenvalue weighted by Crippen LogP contribution is 2.13. The summed E-state index contributed by atoms with van der Waals surface area (Å²) in [5.41, 5.74) is 0.976. The van der Waals surface area contributed by atoms with Gasteiger partial charge in [0.15, 0.2) is 0 Å². The average molecular weight is 210 g/mol. The summed E-state index contributed by atoms with van der Waals surface area (Å²) in [4.78, 5) is 21.0. The van der Waals surface area contributed by atoms with E-state index < -0.39 is 18.0 Å². The van der Waals surface area contributed by atoms with Gasteiger partial charge < -0.3 is 14.9 Å². The van der Waals surface area contributed by atoms with E-state index in [0.29, 0.717) is 0 Å². The number of hydrogen-bond acceptors (Lipinski definition) is 3. The molecule has 0 aromatic heterocycles. The molecule has 0 saturated heterocycles. The van der Waals surface area contributed by atoms with E-state index in [0.717, 1.165) is 5.56 Å². The van der Waals surface area contributed by atoms with Crippen LogP contribution < -0.4 is 4.74 Å². The minimum atomic E-state index is -1.87. The van der Waals surface area contributed by atoms with Crippen molar-refractivity contribution in [2.24, 2.45) is 0 Å². The monoisotopic (exact) mass is 210 g/mol. The highest BCUT2D eigenvalue weighted by Gasteiger charge is 2.27. The van der Waals surface area contributed by atoms with Gasteiger partial charge in [-0.25, -0.2) is 9.59 Å². The zero-order valence-corrected chi connectivity index (χ0v) is 8.01. The highest BCUT2D eigenvalue weighted by atomic mass is 16.5. The maximum atomic E-state index is 10.5. The van der Waals surface area contributed by atoms with Crippen LogP contribution >= 0.6 is 0 Å². The molecule has 0 spiro atoms. The number of hydrogen-bond donors (Lipinski definition) is 2. The highest BCUT2D eigenvalue weighted by molar-refractivity contribution is 5.96. The molecule has 0 heterocycles. The van der Waals surface area contributed by atoms with Gasteiger partial charge in [0.25, 0.3) is 6.10 Å². The van der Waals surface area contributed by atoms with Crippen molar-refractivity contribution < 1.29 is 24.5 Å². The molecule has 0 atom stereocenters. The Balaban J connectivity index is 2.79. The first-order valence-electron chi connectivity index (χ1n) is 4.19. The van der Waals surface area contributed by atoms with E-state index in [4.69, 9.17) is 14.9 Å². The number of benzene rings is 1. The van der Waals surface area contributed by atoms with Crippen LogP contribution in [0.5, 0.6) is 5.75 Å². The third-order valence-electron chi connectivity index (χ3n) is 1.72. The molecule has 80 valence electrons. The molecular weight excluding hydrogens is 200 g/mol. The van der Waals surface area contributed by atoms with Crippen LogP contribution in [-0.4, -0.2) is 28.3 Å². The Morgan fingerprint density at radius 3 is 2.00 bits per heavy atom. The molecule has 0 unspecified atom stereocenters. The summed E-state index contributed by atoms with van der Waals surface area (Å²) in [6, 6.07) is 6.45. The second-order valence-corrected chi connectivity index (χ2v) is 2.99. The van der Waals surface area contributed by atoms with Gasteiger partial charge >= 0.3 is 11.9 Å². The average Bonchev–Trinajstić information content (AvgIpc) is 2.15. The Labute approximate surface area is 85.9 Å². The Hall–Kier alpha value is -2.04. The summed E-state index contributed by atoms with van der Waals surface area (Å²) >= 11 is 0. The lowest BCUT2D eigenvalue weighted by Gasteiger charge is -2.10. The summed E-state index contributed by atoms with van der Waals surface area (Å²) in [7, 11) is 0. The third kappa shape index (κ3) is 2.98. The Morgan fingerprint density at radius 2 is 1.60 bits per heavy atom. The van der Waals surface area contributed by atoms with E-state index in [-0.39, 0.29) is 5.75 Å². The molecule has 1 aromatic rings. The fourth-order valence-corrected chi connectivity index (χ4v) is 0.959. The van der Waals surface area contributed by atoms with Crippen LogP contribution in [0.25, 0.3) is 0 Å². The third-order valence-corrected chi connectivity index (χ3v) is 1.72. The molecule has 5 heteroatoms. The van der Waals surface area contributed by atoms with Crippen molar-refractivity contribution in [2.75, 3.05) is 0 Å². The van der Waals surface area contributed by atoms with Crippen molar-refractivity contribution in [1.82, 2.24) is 0 Å². The summed E-state index contributed by atoms with van der Waals surface area (Å²) in [6.45, 7) is 1.86. The normalized spacial score (nSPS) is 10.0. The quantitative estimate of drug-likeness (QED) is 0.721. The molecule has 2 N–H and O–H groups in total. The molecule has 1 rings (SSSR count). The van der Waals surface area contributed by atoms with E-state index in [1.54, 1.807) is 12.1 Å². The van der Waals surface area contributed by atoms with Crippen LogP contribution in [-0.2, 0) is 9.59 Å². The van der Waals surface area contributed by atoms with Gasteiger partial charge in [-0.3, -0.25) is 0 Å². The van der Waals surface area contributed by atoms with Gasteiger partial charge in [0.05, 0.1) is 0 Å². The van der Waals surface area contributed by atoms with Crippen LogP contribution in [0, 0.1) is 6.92 Å². The van der Waals surface area contributed by atoms with Gasteiger partial charge in [0.1, 0.15) is 5.75 Å². The maximum Gasteiger partial charge on any atom is 0.356 e. The van der Waals surface area contributed by atoms with Gasteiger partial charge in [-0.2, -0.15) is 0 Å². The molecule has 0 amide bonds. The van der Waals surface area contributed by atoms with E-state index in [1.807, 2.05) is 6.92 Å². The van der Waals surface area contributed by atoms with Crippen LogP contribution in [0.3, 0.4) is 0 Å². The minimum absolute atomic E-state index is 0.218. The minimum Gasteiger partial charge on any atom is -0.478 e. The first-order valence-corrected chi connectivity index (χ1v) is 4.19. The summed E-state index contributed by atoms with van der Waals surface area (Å²) < 4.78 is 4.79. The Bertz CT molecular complexity index is 354. The summed E-state index contributed by atoms with van der Waals surface area (Å²) in [6.07, 6.45) is -1.87. The lowest BCUT2D eigenvalue weighted by molar-refractivity contribution is -0.159. The predicted octanol–water partition coefficient (Wildman–Crippen LogP) is 0.912. The van der Waals surface area contributed by atoms with Gasteiger partial charge in [0.2, 0.25) is 0 Å². The number of aliphatic carboxylic acids is 2. The molecule has 0 radical (unpaired) electrons. The van der Waals surface area contributed by atoms with Crippen molar-refractivity contribution in [3.05, 3.63) is 29.8 Å². The number of rotatable bonds is 4. The van der Waals surface area contributed by atoms with Crippen molar-refractivity contribution >= 4 is 11.9 Å². The van der Waals surface area contributed by atoms with Crippen LogP contribution in [0.15, 0.2) is 24.3 Å². The molecular formula is C10H10O5. The molecule has 15 heavy (non-hydrogen) atoms. The van der Waals surface area contributed by atoms with Crippen molar-refractivity contribution in [3.63, 3.8) is 0 Å². The first kappa shape index (κ1) is 11.0. The van der Waals surface area contributed by atoms with Crippen LogP contribution in [0.2, 0.25) is 0 Å². The summed E-state index contributed by atoms with van der Waals surface area (Å²) in [5, 5.41) is 17.1. The molecule has 0 saturated carbocycles. The van der Waals surface area contributed by atoms with Crippen LogP contribution in [0.1, 0.15) is 5.56 Å². The van der Waals surface area contributed by atoms with Gasteiger partial charge in [-0.1, -0.05) is 17.7 Å². The van der Waals surface area contributed by atoms with Gasteiger partial charge in [0, 0.05) is 0 Å². The van der Waals surface area contributed by atoms with Crippen molar-refractivity contribution in [3.8, 4) is 5.75 Å². The van der Waals surface area contributed by atoms with E-state index >= 15 is 0 Å². The molecule has 0 bridgehead atoms. The van der Waals surface area contributed by atoms with Crippen LogP contribution in [0.4, 0.5) is 0 Å². The smallest absolute Gasteiger partial charge is 0.356 e. The fourth-order valence-electron chi connectivity index (χ4n) is 0.959. The van der Waals surface area contributed by atoms with Gasteiger partial charge in [-0.15, -0.1) is 0 Å². The zero-order chi connectivity index (χ0) is 11.4. The predicted molar refractivity (Wildman–Crippen MR) is 50.9 cm³/mol. The van der Waals surface area contributed by atoms with E-state index in [2.05, 4.69) is 0 Å². The van der Waals surface area contributed by atoms with E-state index in [9.17, 15) is 9.59 Å². The zero-order valence-electron chi connectivity index (χ0n) is 8.01. The van der Waals surface area contributed by atoms with Gasteiger partial charge in [-0.05, 0) is 19.1 Å². The summed E-state index contributed by atoms with van der Waals surface area (Å²) in [5.74, 6) is -2.83. The Morgan fingerprint density at radius 1 is 1.13 bits per heavy atom. The first-order chi connectivity index (χ1) is 7.00. The number of carboxylic acids is 2. The van der Waals surface area contributed by atoms with E-state index in [1.165, 1.54) is 12.1 Å². The van der Waals surface area contributed by atoms with Crippen molar-refractivity contribution in [2.45, 2.75) is 13.0 Å². The number of ether oxygens (including phenoxy) is 1. The largest absolute Gasteiger partial charge is 0.478 e. The Kier molecular flexibility index (Phi) is 3.28. The molecule has 0 aliphatic rings. The standard InChI is InChI=1S/C10H10O5/c1-6-2-4-7(5-3-6)15-8(9(11)12)10(13)14/h2-5,8H,1H3,(H,11,12)(H,13,14). The number of carbonyl (C=O) groups is 2. The fraction of sp³-hybridized carbons (Fsp3) is 0.200. The second-order valence-electron chi connectivity index (χ2n) is 2.99. The van der Waals surface area contributed by atoms with Crippen molar-refractivity contribution in [1.29, 1.82) is 0 Å². The maximum absolute atomic E-state index is 10.5. The number of carboxylic acid groups (broad SMARTS) is 2. The lowest BCUT2D eigenvalue weighted by atomic mass is 10.2. The molecule has 0 aliphatic carbocycles.